The van der Waals surface area contributed by atoms with Crippen molar-refractivity contribution in [2.24, 2.45) is 0 Å². The zero-order chi connectivity index (χ0) is 10.9. The van der Waals surface area contributed by atoms with Crippen LogP contribution in [0.3, 0.4) is 0 Å². The molecular weight excluding hydrogens is 246 g/mol. The normalized spacial score (nSPS) is 15.2. The summed E-state index contributed by atoms with van der Waals surface area (Å²) >= 11 is 3.27. The van der Waals surface area contributed by atoms with Crippen molar-refractivity contribution in [3.63, 3.8) is 0 Å². The maximum atomic E-state index is 9.84. The van der Waals surface area contributed by atoms with Gasteiger partial charge in [-0.2, -0.15) is 10.4 Å². The fourth-order valence-corrected chi connectivity index (χ4v) is 1.90. The number of halogens is 1. The van der Waals surface area contributed by atoms with Crippen LogP contribution in [0.4, 0.5) is 0 Å². The third kappa shape index (κ3) is 1.81. The second kappa shape index (κ2) is 3.71. The summed E-state index contributed by atoms with van der Waals surface area (Å²) in [4.78, 5) is 0. The van der Waals surface area contributed by atoms with E-state index < -0.39 is 5.60 Å². The van der Waals surface area contributed by atoms with Gasteiger partial charge in [-0.1, -0.05) is 0 Å². The van der Waals surface area contributed by atoms with Gasteiger partial charge in [0.25, 0.3) is 0 Å². The van der Waals surface area contributed by atoms with E-state index in [1.54, 1.807) is 10.9 Å². The highest BCUT2D eigenvalue weighted by Gasteiger charge is 2.30. The van der Waals surface area contributed by atoms with Gasteiger partial charge in [0.1, 0.15) is 6.07 Å². The van der Waals surface area contributed by atoms with Crippen LogP contribution < -0.4 is 0 Å². The van der Waals surface area contributed by atoms with Crippen LogP contribution in [0.5, 0.6) is 0 Å². The van der Waals surface area contributed by atoms with Gasteiger partial charge < -0.3 is 5.11 Å². The van der Waals surface area contributed by atoms with E-state index in [2.05, 4.69) is 21.0 Å². The molecule has 1 unspecified atom stereocenters. The minimum atomic E-state index is -1.51. The predicted octanol–water partition coefficient (Wildman–Crippen LogP) is 1.96. The summed E-state index contributed by atoms with van der Waals surface area (Å²) in [5.41, 5.74) is -1.02. The summed E-state index contributed by atoms with van der Waals surface area (Å²) in [5, 5.41) is 22.8. The first-order chi connectivity index (χ1) is 6.40. The Kier molecular flexibility index (Phi) is 2.98. The van der Waals surface area contributed by atoms with Gasteiger partial charge in [-0.15, -0.1) is 0 Å². The van der Waals surface area contributed by atoms with Crippen molar-refractivity contribution in [3.05, 3.63) is 16.4 Å². The van der Waals surface area contributed by atoms with E-state index in [1.165, 1.54) is 6.92 Å². The summed E-state index contributed by atoms with van der Waals surface area (Å²) in [7, 11) is 0. The van der Waals surface area contributed by atoms with Crippen LogP contribution >= 0.6 is 15.9 Å². The van der Waals surface area contributed by atoms with Gasteiger partial charge in [-0.05, 0) is 36.7 Å². The highest BCUT2D eigenvalue weighted by atomic mass is 79.9. The molecule has 1 atom stereocenters. The Labute approximate surface area is 91.3 Å². The first kappa shape index (κ1) is 11.2. The van der Waals surface area contributed by atoms with E-state index in [0.717, 1.165) is 0 Å². The molecule has 1 aromatic heterocycles. The first-order valence-corrected chi connectivity index (χ1v) is 5.06. The molecule has 0 spiro atoms. The third-order valence-electron chi connectivity index (χ3n) is 1.92. The van der Waals surface area contributed by atoms with Gasteiger partial charge in [0, 0.05) is 6.04 Å². The molecule has 1 rings (SSSR count). The van der Waals surface area contributed by atoms with Crippen LogP contribution in [-0.2, 0) is 5.60 Å². The van der Waals surface area contributed by atoms with Gasteiger partial charge in [0.05, 0.1) is 16.4 Å². The molecule has 4 nitrogen and oxygen atoms in total. The molecular formula is C9H12BrN3O. The molecule has 0 saturated carbocycles. The maximum Gasteiger partial charge on any atom is 0.191 e. The van der Waals surface area contributed by atoms with Crippen molar-refractivity contribution in [2.75, 3.05) is 0 Å². The first-order valence-electron chi connectivity index (χ1n) is 4.27. The highest BCUT2D eigenvalue weighted by Crippen LogP contribution is 2.29. The van der Waals surface area contributed by atoms with Crippen molar-refractivity contribution in [3.8, 4) is 6.07 Å². The standard InChI is InChI=1S/C9H12BrN3O/c1-6(2)13-8(7(10)4-12-13)9(3,14)5-11/h4,6,14H,1-3H3. The molecule has 1 heterocycles. The Bertz CT molecular complexity index is 376. The predicted molar refractivity (Wildman–Crippen MR) is 55.5 cm³/mol. The van der Waals surface area contributed by atoms with E-state index >= 15 is 0 Å². The minimum Gasteiger partial charge on any atom is -0.370 e. The molecule has 0 aliphatic rings. The van der Waals surface area contributed by atoms with Crippen LogP contribution in [0.15, 0.2) is 10.7 Å². The van der Waals surface area contributed by atoms with E-state index in [-0.39, 0.29) is 6.04 Å². The fourth-order valence-electron chi connectivity index (χ4n) is 1.24. The van der Waals surface area contributed by atoms with Crippen molar-refractivity contribution < 1.29 is 5.11 Å². The SMILES string of the molecule is CC(C)n1ncc(Br)c1C(C)(O)C#N. The summed E-state index contributed by atoms with van der Waals surface area (Å²) < 4.78 is 2.28. The van der Waals surface area contributed by atoms with Gasteiger partial charge in [0.15, 0.2) is 5.60 Å². The molecule has 0 radical (unpaired) electrons. The molecule has 0 saturated heterocycles. The Hall–Kier alpha value is -0.860. The molecule has 5 heteroatoms. The molecule has 0 aliphatic heterocycles. The topological polar surface area (TPSA) is 61.8 Å². The molecule has 0 aromatic carbocycles. The Morgan fingerprint density at radius 2 is 2.29 bits per heavy atom. The number of hydrogen-bond donors (Lipinski definition) is 1. The van der Waals surface area contributed by atoms with Crippen molar-refractivity contribution >= 4 is 15.9 Å². The lowest BCUT2D eigenvalue weighted by atomic mass is 10.0. The maximum absolute atomic E-state index is 9.84. The molecule has 1 N–H and O–H groups in total. The van der Waals surface area contributed by atoms with E-state index in [0.29, 0.717) is 10.2 Å². The number of nitrogens with zero attached hydrogens (tertiary/aromatic N) is 3. The second-order valence-corrected chi connectivity index (χ2v) is 4.42. The zero-order valence-electron chi connectivity index (χ0n) is 8.32. The molecule has 0 amide bonds. The van der Waals surface area contributed by atoms with Crippen molar-refractivity contribution in [1.82, 2.24) is 9.78 Å². The molecule has 14 heavy (non-hydrogen) atoms. The average molecular weight is 258 g/mol. The summed E-state index contributed by atoms with van der Waals surface area (Å²) in [5.74, 6) is 0. The molecule has 76 valence electrons. The lowest BCUT2D eigenvalue weighted by Gasteiger charge is -2.19. The molecule has 0 bridgehead atoms. The van der Waals surface area contributed by atoms with Crippen LogP contribution in [0.2, 0.25) is 0 Å². The van der Waals surface area contributed by atoms with Crippen LogP contribution in [0.25, 0.3) is 0 Å². The Morgan fingerprint density at radius 3 is 2.71 bits per heavy atom. The molecule has 1 aromatic rings. The summed E-state index contributed by atoms with van der Waals surface area (Å²) in [6.45, 7) is 5.33. The number of aliphatic hydroxyl groups is 1. The fraction of sp³-hybridized carbons (Fsp3) is 0.556. The average Bonchev–Trinajstić information content (AvgIpc) is 2.47. The number of rotatable bonds is 2. The lowest BCUT2D eigenvalue weighted by molar-refractivity contribution is 0.106. The van der Waals surface area contributed by atoms with Crippen LogP contribution in [0.1, 0.15) is 32.5 Å². The zero-order valence-corrected chi connectivity index (χ0v) is 9.91. The van der Waals surface area contributed by atoms with Crippen molar-refractivity contribution in [2.45, 2.75) is 32.4 Å². The summed E-state index contributed by atoms with van der Waals surface area (Å²) in [6.07, 6.45) is 1.58. The monoisotopic (exact) mass is 257 g/mol. The van der Waals surface area contributed by atoms with Crippen LogP contribution in [0, 0.1) is 11.3 Å². The van der Waals surface area contributed by atoms with Gasteiger partial charge in [0.2, 0.25) is 0 Å². The van der Waals surface area contributed by atoms with E-state index in [1.807, 2.05) is 19.9 Å². The smallest absolute Gasteiger partial charge is 0.191 e. The quantitative estimate of drug-likeness (QED) is 0.825. The van der Waals surface area contributed by atoms with E-state index in [9.17, 15) is 5.11 Å². The third-order valence-corrected chi connectivity index (χ3v) is 2.50. The number of nitriles is 1. The molecule has 0 aliphatic carbocycles. The Morgan fingerprint density at radius 1 is 1.71 bits per heavy atom. The van der Waals surface area contributed by atoms with E-state index in [4.69, 9.17) is 5.26 Å². The number of hydrogen-bond acceptors (Lipinski definition) is 3. The largest absolute Gasteiger partial charge is 0.370 e. The van der Waals surface area contributed by atoms with Crippen molar-refractivity contribution in [1.29, 1.82) is 5.26 Å². The van der Waals surface area contributed by atoms with Gasteiger partial charge >= 0.3 is 0 Å². The molecule has 0 fully saturated rings. The minimum absolute atomic E-state index is 0.108. The van der Waals surface area contributed by atoms with Gasteiger partial charge in [-0.3, -0.25) is 4.68 Å². The second-order valence-electron chi connectivity index (χ2n) is 3.56. The summed E-state index contributed by atoms with van der Waals surface area (Å²) in [6, 6.07) is 1.95. The lowest BCUT2D eigenvalue weighted by Crippen LogP contribution is -2.24. The van der Waals surface area contributed by atoms with Crippen LogP contribution in [-0.4, -0.2) is 14.9 Å². The Balaban J connectivity index is 3.33. The number of aromatic nitrogens is 2. The highest BCUT2D eigenvalue weighted by molar-refractivity contribution is 9.10. The van der Waals surface area contributed by atoms with Gasteiger partial charge in [-0.25, -0.2) is 0 Å².